The molecule has 0 aromatic carbocycles. The van der Waals surface area contributed by atoms with Crippen LogP contribution in [0.3, 0.4) is 0 Å². The second-order valence-electron chi connectivity index (χ2n) is 5.39. The van der Waals surface area contributed by atoms with Crippen LogP contribution >= 0.6 is 0 Å². The third kappa shape index (κ3) is 2.54. The first-order chi connectivity index (χ1) is 8.13. The largest absolute Gasteiger partial charge is 0.326 e. The zero-order valence-corrected chi connectivity index (χ0v) is 11.4. The van der Waals surface area contributed by atoms with Gasteiger partial charge in [-0.15, -0.1) is 0 Å². The lowest BCUT2D eigenvalue weighted by Gasteiger charge is -2.19. The van der Waals surface area contributed by atoms with Gasteiger partial charge in [0.1, 0.15) is 0 Å². The molecule has 2 N–H and O–H groups in total. The normalized spacial score (nSPS) is 18.8. The van der Waals surface area contributed by atoms with Crippen molar-refractivity contribution in [3.63, 3.8) is 0 Å². The van der Waals surface area contributed by atoms with Gasteiger partial charge in [-0.1, -0.05) is 19.8 Å². The van der Waals surface area contributed by atoms with E-state index in [0.717, 1.165) is 13.0 Å². The fourth-order valence-electron chi connectivity index (χ4n) is 3.16. The summed E-state index contributed by atoms with van der Waals surface area (Å²) in [6.45, 7) is 7.35. The SMILES string of the molecule is CCc1c(C)nn(CC(N)C2CCCC2)c1C. The van der Waals surface area contributed by atoms with Gasteiger partial charge in [0.2, 0.25) is 0 Å². The van der Waals surface area contributed by atoms with E-state index < -0.39 is 0 Å². The molecule has 3 heteroatoms. The Labute approximate surface area is 104 Å². The Bertz CT molecular complexity index is 375. The highest BCUT2D eigenvalue weighted by molar-refractivity contribution is 5.24. The minimum Gasteiger partial charge on any atom is -0.326 e. The summed E-state index contributed by atoms with van der Waals surface area (Å²) < 4.78 is 2.12. The molecule has 1 aromatic rings. The lowest BCUT2D eigenvalue weighted by Crippen LogP contribution is -2.33. The second kappa shape index (κ2) is 5.21. The van der Waals surface area contributed by atoms with Crippen molar-refractivity contribution in [3.05, 3.63) is 17.0 Å². The average Bonchev–Trinajstić information content (AvgIpc) is 2.89. The summed E-state index contributed by atoms with van der Waals surface area (Å²) in [5, 5.41) is 4.63. The minimum absolute atomic E-state index is 0.278. The quantitative estimate of drug-likeness (QED) is 0.871. The summed E-state index contributed by atoms with van der Waals surface area (Å²) in [4.78, 5) is 0. The molecule has 0 radical (unpaired) electrons. The van der Waals surface area contributed by atoms with E-state index in [2.05, 4.69) is 30.6 Å². The van der Waals surface area contributed by atoms with Crippen LogP contribution in [0.15, 0.2) is 0 Å². The van der Waals surface area contributed by atoms with Crippen molar-refractivity contribution in [3.8, 4) is 0 Å². The van der Waals surface area contributed by atoms with Crippen LogP contribution in [0.1, 0.15) is 49.6 Å². The Morgan fingerprint density at radius 3 is 2.53 bits per heavy atom. The molecule has 1 heterocycles. The second-order valence-corrected chi connectivity index (χ2v) is 5.39. The Morgan fingerprint density at radius 1 is 1.35 bits per heavy atom. The highest BCUT2D eigenvalue weighted by atomic mass is 15.3. The van der Waals surface area contributed by atoms with Gasteiger partial charge in [-0.3, -0.25) is 4.68 Å². The first kappa shape index (κ1) is 12.6. The molecule has 96 valence electrons. The van der Waals surface area contributed by atoms with Crippen LogP contribution < -0.4 is 5.73 Å². The van der Waals surface area contributed by atoms with Gasteiger partial charge >= 0.3 is 0 Å². The van der Waals surface area contributed by atoms with E-state index in [1.165, 1.54) is 42.6 Å². The highest BCUT2D eigenvalue weighted by Crippen LogP contribution is 2.27. The summed E-state index contributed by atoms with van der Waals surface area (Å²) in [5.41, 5.74) is 10.2. The van der Waals surface area contributed by atoms with Gasteiger partial charge in [0.25, 0.3) is 0 Å². The Balaban J connectivity index is 2.07. The lowest BCUT2D eigenvalue weighted by atomic mass is 9.99. The summed E-state index contributed by atoms with van der Waals surface area (Å²) >= 11 is 0. The fourth-order valence-corrected chi connectivity index (χ4v) is 3.16. The number of hydrogen-bond acceptors (Lipinski definition) is 2. The number of rotatable bonds is 4. The van der Waals surface area contributed by atoms with Gasteiger partial charge < -0.3 is 5.73 Å². The van der Waals surface area contributed by atoms with Crippen LogP contribution in [-0.2, 0) is 13.0 Å². The third-order valence-corrected chi connectivity index (χ3v) is 4.27. The third-order valence-electron chi connectivity index (χ3n) is 4.27. The smallest absolute Gasteiger partial charge is 0.0628 e. The van der Waals surface area contributed by atoms with Crippen molar-refractivity contribution in [2.45, 2.75) is 65.5 Å². The van der Waals surface area contributed by atoms with Crippen LogP contribution in [0.4, 0.5) is 0 Å². The summed E-state index contributed by atoms with van der Waals surface area (Å²) in [5.74, 6) is 0.712. The molecule has 1 fully saturated rings. The van der Waals surface area contributed by atoms with Gasteiger partial charge in [-0.05, 0) is 44.6 Å². The van der Waals surface area contributed by atoms with Gasteiger partial charge in [0, 0.05) is 11.7 Å². The van der Waals surface area contributed by atoms with E-state index in [9.17, 15) is 0 Å². The molecule has 1 aliphatic carbocycles. The number of hydrogen-bond donors (Lipinski definition) is 1. The van der Waals surface area contributed by atoms with Crippen molar-refractivity contribution in [2.24, 2.45) is 11.7 Å². The molecule has 0 amide bonds. The van der Waals surface area contributed by atoms with Crippen LogP contribution in [0.2, 0.25) is 0 Å². The molecular formula is C14H25N3. The average molecular weight is 235 g/mol. The van der Waals surface area contributed by atoms with Crippen molar-refractivity contribution >= 4 is 0 Å². The lowest BCUT2D eigenvalue weighted by molar-refractivity contribution is 0.369. The van der Waals surface area contributed by atoms with Crippen molar-refractivity contribution in [1.82, 2.24) is 9.78 Å². The Hall–Kier alpha value is -0.830. The zero-order chi connectivity index (χ0) is 12.4. The Kier molecular flexibility index (Phi) is 3.87. The van der Waals surface area contributed by atoms with Gasteiger partial charge in [-0.25, -0.2) is 0 Å². The number of aryl methyl sites for hydroxylation is 1. The molecule has 1 saturated carbocycles. The van der Waals surface area contributed by atoms with E-state index in [1.807, 2.05) is 0 Å². The van der Waals surface area contributed by atoms with Crippen LogP contribution in [0.25, 0.3) is 0 Å². The number of nitrogens with two attached hydrogens (primary N) is 1. The fraction of sp³-hybridized carbons (Fsp3) is 0.786. The van der Waals surface area contributed by atoms with E-state index in [0.29, 0.717) is 5.92 Å². The van der Waals surface area contributed by atoms with Crippen LogP contribution in [-0.4, -0.2) is 15.8 Å². The molecule has 1 aliphatic rings. The molecule has 0 saturated heterocycles. The van der Waals surface area contributed by atoms with Crippen LogP contribution in [0, 0.1) is 19.8 Å². The summed E-state index contributed by atoms with van der Waals surface area (Å²) in [6.07, 6.45) is 6.39. The molecule has 3 nitrogen and oxygen atoms in total. The molecule has 0 spiro atoms. The molecule has 17 heavy (non-hydrogen) atoms. The van der Waals surface area contributed by atoms with Crippen LogP contribution in [0.5, 0.6) is 0 Å². The van der Waals surface area contributed by atoms with E-state index in [4.69, 9.17) is 5.73 Å². The summed E-state index contributed by atoms with van der Waals surface area (Å²) in [7, 11) is 0. The molecule has 0 bridgehead atoms. The highest BCUT2D eigenvalue weighted by Gasteiger charge is 2.23. The first-order valence-corrected chi connectivity index (χ1v) is 6.92. The molecule has 1 unspecified atom stereocenters. The van der Waals surface area contributed by atoms with Crippen molar-refractivity contribution in [1.29, 1.82) is 0 Å². The molecule has 2 rings (SSSR count). The zero-order valence-electron chi connectivity index (χ0n) is 11.4. The number of nitrogens with zero attached hydrogens (tertiary/aromatic N) is 2. The van der Waals surface area contributed by atoms with Crippen molar-refractivity contribution < 1.29 is 0 Å². The molecule has 0 aliphatic heterocycles. The minimum atomic E-state index is 0.278. The molecule has 1 aromatic heterocycles. The maximum absolute atomic E-state index is 6.32. The predicted octanol–water partition coefficient (Wildman–Crippen LogP) is 2.58. The first-order valence-electron chi connectivity index (χ1n) is 6.92. The maximum atomic E-state index is 6.32. The van der Waals surface area contributed by atoms with Gasteiger partial charge in [0.05, 0.1) is 12.2 Å². The topological polar surface area (TPSA) is 43.8 Å². The monoisotopic (exact) mass is 235 g/mol. The van der Waals surface area contributed by atoms with E-state index in [-0.39, 0.29) is 6.04 Å². The van der Waals surface area contributed by atoms with E-state index in [1.54, 1.807) is 0 Å². The maximum Gasteiger partial charge on any atom is 0.0628 e. The van der Waals surface area contributed by atoms with Gasteiger partial charge in [-0.2, -0.15) is 5.10 Å². The van der Waals surface area contributed by atoms with Crippen molar-refractivity contribution in [2.75, 3.05) is 0 Å². The van der Waals surface area contributed by atoms with Gasteiger partial charge in [0.15, 0.2) is 0 Å². The standard InChI is InChI=1S/C14H25N3/c1-4-13-10(2)16-17(11(13)3)9-14(15)12-7-5-6-8-12/h12,14H,4-9,15H2,1-3H3. The van der Waals surface area contributed by atoms with E-state index >= 15 is 0 Å². The summed E-state index contributed by atoms with van der Waals surface area (Å²) in [6, 6.07) is 0.278. The molecule has 1 atom stereocenters. The predicted molar refractivity (Wildman–Crippen MR) is 71.0 cm³/mol. The number of aromatic nitrogens is 2. The molecular weight excluding hydrogens is 210 g/mol. The Morgan fingerprint density at radius 2 is 2.00 bits per heavy atom.